The van der Waals surface area contributed by atoms with Gasteiger partial charge in [-0.25, -0.2) is 9.78 Å². The lowest BCUT2D eigenvalue weighted by atomic mass is 9.80. The second-order valence-electron chi connectivity index (χ2n) is 7.82. The lowest BCUT2D eigenvalue weighted by Crippen LogP contribution is -2.41. The van der Waals surface area contributed by atoms with E-state index < -0.39 is 13.2 Å². The van der Waals surface area contributed by atoms with Crippen LogP contribution in [0.25, 0.3) is 0 Å². The minimum atomic E-state index is -0.893. The predicted molar refractivity (Wildman–Crippen MR) is 96.4 cm³/mol. The average Bonchev–Trinajstić information content (AvgIpc) is 3.10. The van der Waals surface area contributed by atoms with Crippen LogP contribution in [0.5, 0.6) is 0 Å². The zero-order chi connectivity index (χ0) is 18.4. The fraction of sp³-hybridized carbons (Fsp3) is 0.647. The van der Waals surface area contributed by atoms with Crippen LogP contribution in [0.1, 0.15) is 34.1 Å². The summed E-state index contributed by atoms with van der Waals surface area (Å²) in [6, 6.07) is 3.92. The summed E-state index contributed by atoms with van der Waals surface area (Å²) in [6.07, 6.45) is 1.70. The fourth-order valence-electron chi connectivity index (χ4n) is 3.13. The summed E-state index contributed by atoms with van der Waals surface area (Å²) in [7, 11) is 1.20. The van der Waals surface area contributed by atoms with Gasteiger partial charge in [0.2, 0.25) is 0 Å². The maximum absolute atomic E-state index is 11.1. The van der Waals surface area contributed by atoms with E-state index in [4.69, 9.17) is 14.4 Å². The van der Waals surface area contributed by atoms with Crippen LogP contribution < -0.4 is 10.4 Å². The Balaban J connectivity index is 1.67. The predicted octanol–water partition coefficient (Wildman–Crippen LogP) is 1.57. The van der Waals surface area contributed by atoms with E-state index in [9.17, 15) is 4.79 Å². The lowest BCUT2D eigenvalue weighted by molar-refractivity contribution is 0.00578. The summed E-state index contributed by atoms with van der Waals surface area (Å²) >= 11 is 0. The first-order chi connectivity index (χ1) is 11.6. The highest BCUT2D eigenvalue weighted by Gasteiger charge is 2.51. The van der Waals surface area contributed by atoms with E-state index in [1.54, 1.807) is 13.2 Å². The number of pyridine rings is 1. The van der Waals surface area contributed by atoms with E-state index in [0.717, 1.165) is 24.2 Å². The summed E-state index contributed by atoms with van der Waals surface area (Å²) in [5, 5.41) is 9.11. The lowest BCUT2D eigenvalue weighted by Gasteiger charge is -2.32. The van der Waals surface area contributed by atoms with Crippen LogP contribution in [0.3, 0.4) is 0 Å². The van der Waals surface area contributed by atoms with Crippen LogP contribution in [-0.2, 0) is 9.31 Å². The smallest absolute Gasteiger partial charge is 0.465 e. The van der Waals surface area contributed by atoms with E-state index in [1.807, 2.05) is 39.8 Å². The van der Waals surface area contributed by atoms with Crippen molar-refractivity contribution in [3.05, 3.63) is 18.3 Å². The van der Waals surface area contributed by atoms with E-state index in [-0.39, 0.29) is 17.2 Å². The van der Waals surface area contributed by atoms with Gasteiger partial charge in [-0.15, -0.1) is 0 Å². The van der Waals surface area contributed by atoms with E-state index in [1.165, 1.54) is 4.90 Å². The van der Waals surface area contributed by atoms with E-state index in [0.29, 0.717) is 6.54 Å². The summed E-state index contributed by atoms with van der Waals surface area (Å²) in [5.74, 6) is 0.849. The Morgan fingerprint density at radius 1 is 1.32 bits per heavy atom. The molecule has 0 unspecified atom stereocenters. The molecule has 2 fully saturated rings. The molecule has 2 saturated heterocycles. The molecule has 3 heterocycles. The van der Waals surface area contributed by atoms with Crippen molar-refractivity contribution < 1.29 is 19.2 Å². The number of hydrogen-bond donors (Lipinski definition) is 1. The van der Waals surface area contributed by atoms with Crippen LogP contribution in [0.2, 0.25) is 0 Å². The monoisotopic (exact) mass is 347 g/mol. The topological polar surface area (TPSA) is 75.1 Å². The van der Waals surface area contributed by atoms with E-state index >= 15 is 0 Å². The number of anilines is 1. The van der Waals surface area contributed by atoms with Crippen LogP contribution in [-0.4, -0.2) is 65.6 Å². The number of amides is 1. The van der Waals surface area contributed by atoms with Crippen molar-refractivity contribution in [2.75, 3.05) is 25.0 Å². The summed E-state index contributed by atoms with van der Waals surface area (Å²) in [6.45, 7) is 9.56. The normalized spacial score (nSPS) is 24.6. The third-order valence-electron chi connectivity index (χ3n) is 5.63. The Morgan fingerprint density at radius 2 is 1.96 bits per heavy atom. The first kappa shape index (κ1) is 18.0. The minimum Gasteiger partial charge on any atom is -0.465 e. The molecule has 1 amide bonds. The molecule has 1 atom stereocenters. The van der Waals surface area contributed by atoms with Gasteiger partial charge in [0, 0.05) is 31.8 Å². The average molecular weight is 347 g/mol. The summed E-state index contributed by atoms with van der Waals surface area (Å²) < 4.78 is 12.1. The van der Waals surface area contributed by atoms with Gasteiger partial charge in [0.15, 0.2) is 0 Å². The zero-order valence-corrected chi connectivity index (χ0v) is 15.5. The molecule has 1 aromatic rings. The molecule has 2 aliphatic heterocycles. The van der Waals surface area contributed by atoms with Crippen molar-refractivity contribution in [2.45, 2.75) is 51.4 Å². The van der Waals surface area contributed by atoms with Crippen molar-refractivity contribution >= 4 is 24.5 Å². The van der Waals surface area contributed by atoms with Gasteiger partial charge in [0.25, 0.3) is 0 Å². The van der Waals surface area contributed by atoms with Crippen molar-refractivity contribution in [1.82, 2.24) is 9.88 Å². The SMILES string of the molecule is CN(C(=O)O)[C@H]1CCN(c2ccc(B3OC(C)(C)C(C)(C)O3)cn2)C1. The largest absolute Gasteiger partial charge is 0.496 e. The molecule has 3 rings (SSSR count). The van der Waals surface area contributed by atoms with Crippen molar-refractivity contribution in [1.29, 1.82) is 0 Å². The van der Waals surface area contributed by atoms with Gasteiger partial charge in [-0.05, 0) is 40.2 Å². The molecule has 2 aliphatic rings. The molecule has 1 N–H and O–H groups in total. The van der Waals surface area contributed by atoms with Crippen molar-refractivity contribution in [2.24, 2.45) is 0 Å². The second kappa shape index (κ2) is 6.18. The fourth-order valence-corrected chi connectivity index (χ4v) is 3.13. The Kier molecular flexibility index (Phi) is 4.45. The molecule has 0 aromatic carbocycles. The Hall–Kier alpha value is -1.80. The van der Waals surface area contributed by atoms with Gasteiger partial charge in [0.05, 0.1) is 17.2 Å². The number of carboxylic acid groups (broad SMARTS) is 1. The van der Waals surface area contributed by atoms with Gasteiger partial charge >= 0.3 is 13.2 Å². The number of carbonyl (C=O) groups is 1. The summed E-state index contributed by atoms with van der Waals surface area (Å²) in [4.78, 5) is 19.1. The first-order valence-electron chi connectivity index (χ1n) is 8.63. The third-order valence-corrected chi connectivity index (χ3v) is 5.63. The maximum Gasteiger partial charge on any atom is 0.496 e. The Morgan fingerprint density at radius 3 is 2.48 bits per heavy atom. The van der Waals surface area contributed by atoms with Crippen LogP contribution >= 0.6 is 0 Å². The molecular formula is C17H26BN3O4. The Labute approximate surface area is 149 Å². The molecular weight excluding hydrogens is 321 g/mol. The van der Waals surface area contributed by atoms with Crippen molar-refractivity contribution in [3.8, 4) is 0 Å². The van der Waals surface area contributed by atoms with Gasteiger partial charge in [0.1, 0.15) is 5.82 Å². The standard InChI is InChI=1S/C17H26BN3O4/c1-16(2)17(3,4)25-18(24-16)12-6-7-14(19-10-12)21-9-8-13(11-21)20(5)15(22)23/h6-7,10,13H,8-9,11H2,1-5H3,(H,22,23)/t13-/m0/s1. The number of hydrogen-bond acceptors (Lipinski definition) is 5. The first-order valence-corrected chi connectivity index (χ1v) is 8.63. The van der Waals surface area contributed by atoms with Crippen LogP contribution in [0.4, 0.5) is 10.6 Å². The summed E-state index contributed by atoms with van der Waals surface area (Å²) in [5.41, 5.74) is 0.139. The molecule has 0 saturated carbocycles. The molecule has 1 aromatic heterocycles. The molecule has 136 valence electrons. The third kappa shape index (κ3) is 3.33. The molecule has 7 nitrogen and oxygen atoms in total. The van der Waals surface area contributed by atoms with Gasteiger partial charge in [-0.3, -0.25) is 0 Å². The molecule has 25 heavy (non-hydrogen) atoms. The van der Waals surface area contributed by atoms with E-state index in [2.05, 4.69) is 9.88 Å². The van der Waals surface area contributed by atoms with Crippen molar-refractivity contribution in [3.63, 3.8) is 0 Å². The zero-order valence-electron chi connectivity index (χ0n) is 15.5. The second-order valence-corrected chi connectivity index (χ2v) is 7.82. The number of rotatable bonds is 3. The molecule has 0 spiro atoms. The van der Waals surface area contributed by atoms with Gasteiger partial charge < -0.3 is 24.2 Å². The number of likely N-dealkylation sites (N-methyl/N-ethyl adjacent to an activating group) is 1. The quantitative estimate of drug-likeness (QED) is 0.837. The van der Waals surface area contributed by atoms with Crippen LogP contribution in [0, 0.1) is 0 Å². The maximum atomic E-state index is 11.1. The minimum absolute atomic E-state index is 0.00192. The number of nitrogens with zero attached hydrogens (tertiary/aromatic N) is 3. The van der Waals surface area contributed by atoms with Crippen LogP contribution in [0.15, 0.2) is 18.3 Å². The Bertz CT molecular complexity index is 634. The highest BCUT2D eigenvalue weighted by atomic mass is 16.7. The van der Waals surface area contributed by atoms with Gasteiger partial charge in [-0.2, -0.15) is 0 Å². The highest BCUT2D eigenvalue weighted by molar-refractivity contribution is 6.62. The molecule has 0 aliphatic carbocycles. The van der Waals surface area contributed by atoms with Gasteiger partial charge in [-0.1, -0.05) is 6.07 Å². The molecule has 0 bridgehead atoms. The molecule has 8 heteroatoms. The molecule has 0 radical (unpaired) electrons. The highest BCUT2D eigenvalue weighted by Crippen LogP contribution is 2.36. The number of aromatic nitrogens is 1.